The smallest absolute Gasteiger partial charge is 0.254 e. The molecule has 1 amide bonds. The summed E-state index contributed by atoms with van der Waals surface area (Å²) < 4.78 is 5.57. The third kappa shape index (κ3) is 2.89. The van der Waals surface area contributed by atoms with Gasteiger partial charge in [0.15, 0.2) is 0 Å². The highest BCUT2D eigenvalue weighted by Gasteiger charge is 2.45. The van der Waals surface area contributed by atoms with Crippen LogP contribution >= 0.6 is 0 Å². The molecule has 3 aromatic rings. The van der Waals surface area contributed by atoms with Gasteiger partial charge < -0.3 is 9.42 Å². The average molecular weight is 361 g/mol. The third-order valence-electron chi connectivity index (χ3n) is 5.62. The summed E-state index contributed by atoms with van der Waals surface area (Å²) in [5, 5.41) is 4.13. The van der Waals surface area contributed by atoms with Crippen molar-refractivity contribution >= 4 is 5.91 Å². The molecule has 7 nitrogen and oxygen atoms in total. The van der Waals surface area contributed by atoms with E-state index in [-0.39, 0.29) is 23.9 Å². The van der Waals surface area contributed by atoms with Gasteiger partial charge in [0, 0.05) is 53.9 Å². The van der Waals surface area contributed by atoms with Gasteiger partial charge in [-0.3, -0.25) is 14.8 Å². The molecule has 2 bridgehead atoms. The molecule has 5 rings (SSSR count). The van der Waals surface area contributed by atoms with Gasteiger partial charge in [-0.2, -0.15) is 4.98 Å². The predicted octanol–water partition coefficient (Wildman–Crippen LogP) is 3.08. The molecule has 3 aromatic heterocycles. The summed E-state index contributed by atoms with van der Waals surface area (Å²) in [5.41, 5.74) is 1.60. The van der Waals surface area contributed by atoms with E-state index in [1.54, 1.807) is 36.9 Å². The van der Waals surface area contributed by atoms with Crippen LogP contribution in [-0.4, -0.2) is 43.0 Å². The summed E-state index contributed by atoms with van der Waals surface area (Å²) in [7, 11) is 0. The van der Waals surface area contributed by atoms with E-state index < -0.39 is 0 Å². The maximum absolute atomic E-state index is 12.9. The quantitative estimate of drug-likeness (QED) is 0.713. The first kappa shape index (κ1) is 16.1. The summed E-state index contributed by atoms with van der Waals surface area (Å²) in [6.07, 6.45) is 10.6. The summed E-state index contributed by atoms with van der Waals surface area (Å²) in [4.78, 5) is 27.6. The zero-order valence-corrected chi connectivity index (χ0v) is 14.7. The number of nitrogens with zero attached hydrogens (tertiary/aromatic N) is 5. The standard InChI is InChI=1S/C20H19N5O2/c26-20(14-5-9-22-10-6-14)25-16-1-2-17(25)12-15(11-16)19-23-18(24-27-19)13-3-7-21-8-4-13/h3-10,15-17H,1-2,11-12H2. The molecule has 0 spiro atoms. The third-order valence-corrected chi connectivity index (χ3v) is 5.62. The molecule has 0 radical (unpaired) electrons. The maximum atomic E-state index is 12.9. The fourth-order valence-electron chi connectivity index (χ4n) is 4.37. The lowest BCUT2D eigenvalue weighted by molar-refractivity contribution is 0.0555. The van der Waals surface area contributed by atoms with E-state index in [2.05, 4.69) is 25.0 Å². The van der Waals surface area contributed by atoms with Crippen LogP contribution in [-0.2, 0) is 0 Å². The monoisotopic (exact) mass is 361 g/mol. The van der Waals surface area contributed by atoms with Crippen molar-refractivity contribution in [2.24, 2.45) is 0 Å². The van der Waals surface area contributed by atoms with Crippen LogP contribution in [0.4, 0.5) is 0 Å². The van der Waals surface area contributed by atoms with Crippen LogP contribution in [0.15, 0.2) is 53.6 Å². The number of carbonyl (C=O) groups is 1. The van der Waals surface area contributed by atoms with Crippen molar-refractivity contribution in [1.29, 1.82) is 0 Å². The number of amides is 1. The predicted molar refractivity (Wildman–Crippen MR) is 96.7 cm³/mol. The first-order valence-corrected chi connectivity index (χ1v) is 9.26. The Labute approximate surface area is 156 Å². The number of hydrogen-bond acceptors (Lipinski definition) is 6. The van der Waals surface area contributed by atoms with Crippen LogP contribution in [0, 0.1) is 0 Å². The van der Waals surface area contributed by atoms with Crippen molar-refractivity contribution in [3.8, 4) is 11.4 Å². The molecular formula is C20H19N5O2. The van der Waals surface area contributed by atoms with Gasteiger partial charge in [-0.05, 0) is 49.9 Å². The normalized spacial score (nSPS) is 24.1. The summed E-state index contributed by atoms with van der Waals surface area (Å²) >= 11 is 0. The molecule has 27 heavy (non-hydrogen) atoms. The fraction of sp³-hybridized carbons (Fsp3) is 0.350. The lowest BCUT2D eigenvalue weighted by Crippen LogP contribution is -2.46. The van der Waals surface area contributed by atoms with E-state index >= 15 is 0 Å². The average Bonchev–Trinajstić information content (AvgIpc) is 3.32. The molecule has 0 aromatic carbocycles. The molecule has 2 atom stereocenters. The lowest BCUT2D eigenvalue weighted by Gasteiger charge is -2.37. The maximum Gasteiger partial charge on any atom is 0.254 e. The number of rotatable bonds is 3. The van der Waals surface area contributed by atoms with E-state index in [4.69, 9.17) is 4.52 Å². The Morgan fingerprint density at radius 1 is 0.963 bits per heavy atom. The van der Waals surface area contributed by atoms with Gasteiger partial charge in [-0.25, -0.2) is 0 Å². The Morgan fingerprint density at radius 3 is 2.26 bits per heavy atom. The number of aromatic nitrogens is 4. The topological polar surface area (TPSA) is 85.0 Å². The van der Waals surface area contributed by atoms with Gasteiger partial charge in [0.2, 0.25) is 11.7 Å². The Kier molecular flexibility index (Phi) is 3.92. The molecular weight excluding hydrogens is 342 g/mol. The molecule has 0 saturated carbocycles. The van der Waals surface area contributed by atoms with Gasteiger partial charge in [0.25, 0.3) is 5.91 Å². The van der Waals surface area contributed by atoms with Crippen molar-refractivity contribution in [2.75, 3.05) is 0 Å². The van der Waals surface area contributed by atoms with Gasteiger partial charge in [-0.1, -0.05) is 5.16 Å². The van der Waals surface area contributed by atoms with E-state index in [0.717, 1.165) is 31.2 Å². The van der Waals surface area contributed by atoms with Crippen molar-refractivity contribution in [2.45, 2.75) is 43.7 Å². The van der Waals surface area contributed by atoms with E-state index in [1.807, 2.05) is 12.1 Å². The van der Waals surface area contributed by atoms with Crippen LogP contribution in [0.5, 0.6) is 0 Å². The van der Waals surface area contributed by atoms with E-state index in [1.165, 1.54) is 0 Å². The SMILES string of the molecule is O=C(c1ccncc1)N1C2CCC1CC(c1nc(-c3ccncc3)no1)C2. The zero-order chi connectivity index (χ0) is 18.2. The van der Waals surface area contributed by atoms with Gasteiger partial charge in [0.05, 0.1) is 0 Å². The van der Waals surface area contributed by atoms with Crippen LogP contribution < -0.4 is 0 Å². The summed E-state index contributed by atoms with van der Waals surface area (Å²) in [6.45, 7) is 0. The lowest BCUT2D eigenvalue weighted by atomic mass is 9.90. The second kappa shape index (κ2) is 6.57. The Hall–Kier alpha value is -3.09. The molecule has 5 heterocycles. The molecule has 2 fully saturated rings. The number of pyridine rings is 2. The first-order valence-electron chi connectivity index (χ1n) is 9.26. The highest BCUT2D eigenvalue weighted by atomic mass is 16.5. The van der Waals surface area contributed by atoms with E-state index in [0.29, 0.717) is 17.3 Å². The highest BCUT2D eigenvalue weighted by Crippen LogP contribution is 2.43. The number of piperidine rings is 1. The van der Waals surface area contributed by atoms with Gasteiger partial charge in [-0.15, -0.1) is 0 Å². The highest BCUT2D eigenvalue weighted by molar-refractivity contribution is 5.94. The molecule has 2 aliphatic heterocycles. The molecule has 2 saturated heterocycles. The molecule has 0 N–H and O–H groups in total. The summed E-state index contributed by atoms with van der Waals surface area (Å²) in [6, 6.07) is 7.76. The second-order valence-electron chi connectivity index (χ2n) is 7.19. The first-order chi connectivity index (χ1) is 13.3. The molecule has 0 aliphatic carbocycles. The minimum absolute atomic E-state index is 0.103. The van der Waals surface area contributed by atoms with Crippen LogP contribution in [0.1, 0.15) is 47.8 Å². The summed E-state index contributed by atoms with van der Waals surface area (Å²) in [5.74, 6) is 1.57. The molecule has 2 aliphatic rings. The molecule has 136 valence electrons. The van der Waals surface area contributed by atoms with Crippen molar-refractivity contribution < 1.29 is 9.32 Å². The van der Waals surface area contributed by atoms with Gasteiger partial charge in [0.1, 0.15) is 0 Å². The Morgan fingerprint density at radius 2 is 1.59 bits per heavy atom. The molecule has 7 heteroatoms. The van der Waals surface area contributed by atoms with Crippen LogP contribution in [0.25, 0.3) is 11.4 Å². The second-order valence-corrected chi connectivity index (χ2v) is 7.19. The van der Waals surface area contributed by atoms with Crippen molar-refractivity contribution in [3.63, 3.8) is 0 Å². The minimum atomic E-state index is 0.103. The fourth-order valence-corrected chi connectivity index (χ4v) is 4.37. The zero-order valence-electron chi connectivity index (χ0n) is 14.7. The van der Waals surface area contributed by atoms with Gasteiger partial charge >= 0.3 is 0 Å². The Balaban J connectivity index is 1.35. The molecule has 2 unspecified atom stereocenters. The van der Waals surface area contributed by atoms with Crippen molar-refractivity contribution in [3.05, 3.63) is 60.5 Å². The van der Waals surface area contributed by atoms with Crippen LogP contribution in [0.3, 0.4) is 0 Å². The number of fused-ring (bicyclic) bond motifs is 2. The van der Waals surface area contributed by atoms with E-state index in [9.17, 15) is 4.79 Å². The van der Waals surface area contributed by atoms with Crippen LogP contribution in [0.2, 0.25) is 0 Å². The van der Waals surface area contributed by atoms with Crippen molar-refractivity contribution in [1.82, 2.24) is 25.0 Å². The number of hydrogen-bond donors (Lipinski definition) is 0. The minimum Gasteiger partial charge on any atom is -0.339 e. The Bertz CT molecular complexity index is 929. The number of carbonyl (C=O) groups excluding carboxylic acids is 1. The largest absolute Gasteiger partial charge is 0.339 e.